The van der Waals surface area contributed by atoms with Crippen LogP contribution in [0.4, 0.5) is 5.69 Å². The Morgan fingerprint density at radius 1 is 1.14 bits per heavy atom. The molecule has 0 atom stereocenters. The lowest BCUT2D eigenvalue weighted by Gasteiger charge is -2.20. The van der Waals surface area contributed by atoms with E-state index in [2.05, 4.69) is 15.3 Å². The predicted molar refractivity (Wildman–Crippen MR) is 85.4 cm³/mol. The molecule has 0 radical (unpaired) electrons. The Kier molecular flexibility index (Phi) is 4.34. The molecule has 0 unspecified atom stereocenters. The van der Waals surface area contributed by atoms with Gasteiger partial charge in [-0.05, 0) is 12.8 Å². The molecule has 1 saturated carbocycles. The minimum Gasteiger partial charge on any atom is -0.396 e. The van der Waals surface area contributed by atoms with Crippen LogP contribution >= 0.6 is 11.3 Å². The quantitative estimate of drug-likeness (QED) is 0.893. The minimum atomic E-state index is -0.0807. The van der Waals surface area contributed by atoms with Gasteiger partial charge in [0.1, 0.15) is 15.2 Å². The summed E-state index contributed by atoms with van der Waals surface area (Å²) in [6, 6.07) is 0.267. The summed E-state index contributed by atoms with van der Waals surface area (Å²) in [6.07, 6.45) is 11.6. The number of rotatable bonds is 2. The van der Waals surface area contributed by atoms with E-state index in [9.17, 15) is 4.79 Å². The van der Waals surface area contributed by atoms with Crippen molar-refractivity contribution >= 4 is 33.3 Å². The van der Waals surface area contributed by atoms with Gasteiger partial charge in [0.05, 0.1) is 5.69 Å². The lowest BCUT2D eigenvalue weighted by atomic mass is 9.97. The van der Waals surface area contributed by atoms with E-state index < -0.39 is 0 Å². The second kappa shape index (κ2) is 6.39. The third-order valence-corrected chi connectivity index (χ3v) is 5.11. The van der Waals surface area contributed by atoms with Crippen molar-refractivity contribution in [1.29, 1.82) is 0 Å². The van der Waals surface area contributed by atoms with Gasteiger partial charge < -0.3 is 11.1 Å². The minimum absolute atomic E-state index is 0.0807. The van der Waals surface area contributed by atoms with E-state index in [0.717, 1.165) is 17.7 Å². The molecule has 21 heavy (non-hydrogen) atoms. The summed E-state index contributed by atoms with van der Waals surface area (Å²) in [4.78, 5) is 22.1. The molecule has 0 saturated heterocycles. The first-order chi connectivity index (χ1) is 10.3. The maximum atomic E-state index is 12.5. The van der Waals surface area contributed by atoms with Crippen molar-refractivity contribution in [2.75, 3.05) is 5.73 Å². The molecule has 2 heterocycles. The Hall–Kier alpha value is -1.69. The third-order valence-electron chi connectivity index (χ3n) is 4.01. The van der Waals surface area contributed by atoms with Crippen molar-refractivity contribution in [3.8, 4) is 0 Å². The number of nitrogens with zero attached hydrogens (tertiary/aromatic N) is 2. The van der Waals surface area contributed by atoms with Crippen molar-refractivity contribution < 1.29 is 4.79 Å². The van der Waals surface area contributed by atoms with Crippen LogP contribution in [0.25, 0.3) is 10.3 Å². The van der Waals surface area contributed by atoms with Crippen molar-refractivity contribution in [1.82, 2.24) is 15.3 Å². The number of carbonyl (C=O) groups is 1. The number of nitrogens with two attached hydrogens (primary N) is 1. The zero-order valence-electron chi connectivity index (χ0n) is 12.0. The van der Waals surface area contributed by atoms with Gasteiger partial charge in [-0.15, -0.1) is 11.3 Å². The number of amides is 1. The fourth-order valence-electron chi connectivity index (χ4n) is 2.86. The molecule has 2 aromatic heterocycles. The highest BCUT2D eigenvalue weighted by molar-refractivity contribution is 7.21. The molecule has 6 heteroatoms. The first-order valence-corrected chi connectivity index (χ1v) is 8.37. The number of aromatic nitrogens is 2. The summed E-state index contributed by atoms with van der Waals surface area (Å²) in [5.74, 6) is -0.0807. The first-order valence-electron chi connectivity index (χ1n) is 7.55. The molecule has 0 bridgehead atoms. The van der Waals surface area contributed by atoms with Crippen molar-refractivity contribution in [2.24, 2.45) is 0 Å². The molecule has 1 amide bonds. The second-order valence-corrected chi connectivity index (χ2v) is 6.57. The monoisotopic (exact) mass is 304 g/mol. The van der Waals surface area contributed by atoms with E-state index in [1.807, 2.05) is 0 Å². The van der Waals surface area contributed by atoms with E-state index in [0.29, 0.717) is 16.1 Å². The molecule has 3 N–H and O–H groups in total. The standard InChI is InChI=1S/C15H20N4OS/c16-11-12-15(18-9-8-17-12)21-13(11)14(20)19-10-6-4-2-1-3-5-7-10/h8-10H,1-7,16H2,(H,19,20). The van der Waals surface area contributed by atoms with Gasteiger partial charge in [-0.3, -0.25) is 4.79 Å². The molecule has 112 valence electrons. The van der Waals surface area contributed by atoms with Gasteiger partial charge in [-0.25, -0.2) is 9.97 Å². The third kappa shape index (κ3) is 3.15. The topological polar surface area (TPSA) is 80.9 Å². The van der Waals surface area contributed by atoms with E-state index >= 15 is 0 Å². The summed E-state index contributed by atoms with van der Waals surface area (Å²) in [6.45, 7) is 0. The Morgan fingerprint density at radius 2 is 1.81 bits per heavy atom. The number of nitrogen functional groups attached to an aromatic ring is 1. The number of thiophene rings is 1. The highest BCUT2D eigenvalue weighted by Crippen LogP contribution is 2.30. The van der Waals surface area contributed by atoms with Crippen LogP contribution in [0, 0.1) is 0 Å². The number of carbonyl (C=O) groups excluding carboxylic acids is 1. The van der Waals surface area contributed by atoms with E-state index in [4.69, 9.17) is 5.73 Å². The predicted octanol–water partition coefficient (Wildman–Crippen LogP) is 3.12. The smallest absolute Gasteiger partial charge is 0.263 e. The Bertz CT molecular complexity index is 632. The highest BCUT2D eigenvalue weighted by Gasteiger charge is 2.21. The van der Waals surface area contributed by atoms with Gasteiger partial charge in [-0.2, -0.15) is 0 Å². The average molecular weight is 304 g/mol. The maximum absolute atomic E-state index is 12.5. The molecule has 2 aromatic rings. The number of hydrogen-bond acceptors (Lipinski definition) is 5. The lowest BCUT2D eigenvalue weighted by Crippen LogP contribution is -2.35. The van der Waals surface area contributed by atoms with Gasteiger partial charge in [-0.1, -0.05) is 32.1 Å². The van der Waals surface area contributed by atoms with E-state index in [1.54, 1.807) is 12.4 Å². The summed E-state index contributed by atoms with van der Waals surface area (Å²) in [7, 11) is 0. The Labute approximate surface area is 128 Å². The van der Waals surface area contributed by atoms with Crippen LogP contribution in [-0.2, 0) is 0 Å². The van der Waals surface area contributed by atoms with Crippen molar-refractivity contribution in [3.05, 3.63) is 17.3 Å². The maximum Gasteiger partial charge on any atom is 0.263 e. The van der Waals surface area contributed by atoms with Crippen LogP contribution in [0.3, 0.4) is 0 Å². The fourth-order valence-corrected chi connectivity index (χ4v) is 3.79. The number of nitrogens with one attached hydrogen (secondary N) is 1. The lowest BCUT2D eigenvalue weighted by molar-refractivity contribution is 0.0935. The molecule has 5 nitrogen and oxygen atoms in total. The SMILES string of the molecule is Nc1c(C(=O)NC2CCCCCCC2)sc2nccnc12. The molecule has 0 spiro atoms. The van der Waals surface area contributed by atoms with Gasteiger partial charge in [0.25, 0.3) is 5.91 Å². The zero-order chi connectivity index (χ0) is 14.7. The molecule has 1 aliphatic rings. The molecule has 3 rings (SSSR count). The van der Waals surface area contributed by atoms with Crippen molar-refractivity contribution in [2.45, 2.75) is 51.0 Å². The average Bonchev–Trinajstić information content (AvgIpc) is 2.79. The Morgan fingerprint density at radius 3 is 2.52 bits per heavy atom. The summed E-state index contributed by atoms with van der Waals surface area (Å²) in [5, 5.41) is 3.14. The molecular formula is C15H20N4OS. The van der Waals surface area contributed by atoms with Crippen LogP contribution in [-0.4, -0.2) is 21.9 Å². The van der Waals surface area contributed by atoms with E-state index in [1.165, 1.54) is 43.4 Å². The van der Waals surface area contributed by atoms with Crippen LogP contribution in [0.5, 0.6) is 0 Å². The summed E-state index contributed by atoms with van der Waals surface area (Å²) in [5.41, 5.74) is 7.13. The molecule has 1 fully saturated rings. The molecule has 0 aliphatic heterocycles. The summed E-state index contributed by atoms with van der Waals surface area (Å²) < 4.78 is 0. The molecular weight excluding hydrogens is 284 g/mol. The van der Waals surface area contributed by atoms with Gasteiger partial charge in [0.2, 0.25) is 0 Å². The highest BCUT2D eigenvalue weighted by atomic mass is 32.1. The van der Waals surface area contributed by atoms with Gasteiger partial charge in [0.15, 0.2) is 0 Å². The second-order valence-electron chi connectivity index (χ2n) is 5.57. The fraction of sp³-hybridized carbons (Fsp3) is 0.533. The van der Waals surface area contributed by atoms with Crippen molar-refractivity contribution in [3.63, 3.8) is 0 Å². The number of fused-ring (bicyclic) bond motifs is 1. The van der Waals surface area contributed by atoms with Crippen LogP contribution in [0.2, 0.25) is 0 Å². The zero-order valence-corrected chi connectivity index (χ0v) is 12.8. The Balaban J connectivity index is 1.75. The van der Waals surface area contributed by atoms with Crippen LogP contribution < -0.4 is 11.1 Å². The van der Waals surface area contributed by atoms with Gasteiger partial charge in [0, 0.05) is 18.4 Å². The number of anilines is 1. The first kappa shape index (κ1) is 14.3. The molecule has 0 aromatic carbocycles. The summed E-state index contributed by atoms with van der Waals surface area (Å²) >= 11 is 1.32. The van der Waals surface area contributed by atoms with Crippen LogP contribution in [0.1, 0.15) is 54.6 Å². The number of hydrogen-bond donors (Lipinski definition) is 2. The molecule has 1 aliphatic carbocycles. The largest absolute Gasteiger partial charge is 0.396 e. The van der Waals surface area contributed by atoms with Crippen LogP contribution in [0.15, 0.2) is 12.4 Å². The normalized spacial score (nSPS) is 17.3. The van der Waals surface area contributed by atoms with Gasteiger partial charge >= 0.3 is 0 Å². The van der Waals surface area contributed by atoms with E-state index in [-0.39, 0.29) is 11.9 Å².